The van der Waals surface area contributed by atoms with E-state index in [4.69, 9.17) is 0 Å². The summed E-state index contributed by atoms with van der Waals surface area (Å²) in [6, 6.07) is 6.09. The van der Waals surface area contributed by atoms with E-state index in [0.29, 0.717) is 0 Å². The molecular weight excluding hydrogens is 180 g/mol. The molecule has 0 saturated carbocycles. The van der Waals surface area contributed by atoms with E-state index in [9.17, 15) is 5.11 Å². The second-order valence-corrected chi connectivity index (χ2v) is 4.23. The van der Waals surface area contributed by atoms with Crippen molar-refractivity contribution in [3.8, 4) is 0 Å². The van der Waals surface area contributed by atoms with Crippen LogP contribution >= 0.6 is 11.3 Å². The Hall–Kier alpha value is -0.860. The van der Waals surface area contributed by atoms with Crippen LogP contribution in [0.3, 0.4) is 0 Å². The number of fused-ring (bicyclic) bond motifs is 1. The van der Waals surface area contributed by atoms with Crippen LogP contribution in [-0.2, 0) is 0 Å². The van der Waals surface area contributed by atoms with E-state index in [1.807, 2.05) is 19.1 Å². The number of hydrogen-bond donors (Lipinski definition) is 1. The summed E-state index contributed by atoms with van der Waals surface area (Å²) >= 11 is 1.73. The summed E-state index contributed by atoms with van der Waals surface area (Å²) in [4.78, 5) is 0. The number of rotatable bonds is 1. The van der Waals surface area contributed by atoms with Gasteiger partial charge in [-0.15, -0.1) is 11.3 Å². The van der Waals surface area contributed by atoms with Crippen molar-refractivity contribution in [2.24, 2.45) is 0 Å². The summed E-state index contributed by atoms with van der Waals surface area (Å²) in [6.07, 6.45) is -0.378. The molecule has 0 bridgehead atoms. The van der Waals surface area contributed by atoms with Gasteiger partial charge in [-0.3, -0.25) is 0 Å². The third-order valence-electron chi connectivity index (χ3n) is 2.27. The summed E-state index contributed by atoms with van der Waals surface area (Å²) in [5.74, 6) is 0. The van der Waals surface area contributed by atoms with Crippen LogP contribution < -0.4 is 0 Å². The highest BCUT2D eigenvalue weighted by molar-refractivity contribution is 7.17. The Bertz CT molecular complexity index is 429. The van der Waals surface area contributed by atoms with Crippen molar-refractivity contribution in [2.75, 3.05) is 0 Å². The number of thiophene rings is 1. The first-order valence-electron chi connectivity index (χ1n) is 4.35. The number of aryl methyl sites for hydroxylation is 1. The van der Waals surface area contributed by atoms with Crippen LogP contribution in [-0.4, -0.2) is 5.11 Å². The van der Waals surface area contributed by atoms with Crippen molar-refractivity contribution in [3.05, 3.63) is 34.7 Å². The molecule has 0 aliphatic rings. The Labute approximate surface area is 81.6 Å². The van der Waals surface area contributed by atoms with E-state index in [-0.39, 0.29) is 6.10 Å². The van der Waals surface area contributed by atoms with Crippen molar-refractivity contribution in [1.29, 1.82) is 0 Å². The zero-order valence-electron chi connectivity index (χ0n) is 7.74. The van der Waals surface area contributed by atoms with Gasteiger partial charge in [0.1, 0.15) is 0 Å². The Morgan fingerprint density at radius 2 is 2.15 bits per heavy atom. The fourth-order valence-corrected chi connectivity index (χ4v) is 2.60. The van der Waals surface area contributed by atoms with Gasteiger partial charge in [0.25, 0.3) is 0 Å². The van der Waals surface area contributed by atoms with E-state index < -0.39 is 0 Å². The fourth-order valence-electron chi connectivity index (χ4n) is 1.63. The summed E-state index contributed by atoms with van der Waals surface area (Å²) in [5, 5.41) is 12.9. The van der Waals surface area contributed by atoms with Gasteiger partial charge in [-0.1, -0.05) is 12.1 Å². The first kappa shape index (κ1) is 8.73. The number of benzene rings is 1. The Balaban J connectivity index is 2.80. The minimum atomic E-state index is -0.378. The lowest BCUT2D eigenvalue weighted by Gasteiger charge is -2.06. The van der Waals surface area contributed by atoms with E-state index in [0.717, 1.165) is 5.56 Å². The van der Waals surface area contributed by atoms with Crippen LogP contribution in [0.2, 0.25) is 0 Å². The van der Waals surface area contributed by atoms with Crippen molar-refractivity contribution in [1.82, 2.24) is 0 Å². The van der Waals surface area contributed by atoms with Gasteiger partial charge in [0, 0.05) is 10.1 Å². The third-order valence-corrected chi connectivity index (χ3v) is 3.33. The molecule has 1 N–H and O–H groups in total. The standard InChI is InChI=1S/C11H12OS/c1-7-6-13-10-5-3-4-9(8(2)12)11(7)10/h3-6,8,12H,1-2H3. The normalized spacial score (nSPS) is 13.5. The van der Waals surface area contributed by atoms with Crippen LogP contribution in [0.25, 0.3) is 10.1 Å². The maximum absolute atomic E-state index is 9.57. The molecule has 0 spiro atoms. The molecule has 1 unspecified atom stereocenters. The molecule has 1 aromatic carbocycles. The van der Waals surface area contributed by atoms with E-state index in [1.54, 1.807) is 11.3 Å². The van der Waals surface area contributed by atoms with Gasteiger partial charge in [-0.2, -0.15) is 0 Å². The van der Waals surface area contributed by atoms with Gasteiger partial charge >= 0.3 is 0 Å². The molecule has 1 nitrogen and oxygen atoms in total. The topological polar surface area (TPSA) is 20.2 Å². The van der Waals surface area contributed by atoms with Crippen LogP contribution in [0.5, 0.6) is 0 Å². The van der Waals surface area contributed by atoms with E-state index >= 15 is 0 Å². The average Bonchev–Trinajstić information content (AvgIpc) is 2.48. The summed E-state index contributed by atoms with van der Waals surface area (Å²) in [7, 11) is 0. The van der Waals surface area contributed by atoms with Gasteiger partial charge < -0.3 is 5.11 Å². The molecule has 0 saturated heterocycles. The molecule has 0 radical (unpaired) electrons. The number of aliphatic hydroxyl groups is 1. The lowest BCUT2D eigenvalue weighted by Crippen LogP contribution is -1.91. The Morgan fingerprint density at radius 1 is 1.38 bits per heavy atom. The Morgan fingerprint density at radius 3 is 2.85 bits per heavy atom. The lowest BCUT2D eigenvalue weighted by atomic mass is 10.0. The van der Waals surface area contributed by atoms with Gasteiger partial charge in [-0.05, 0) is 36.4 Å². The SMILES string of the molecule is Cc1csc2cccc(C(C)O)c12. The van der Waals surface area contributed by atoms with Crippen LogP contribution in [0.1, 0.15) is 24.2 Å². The molecule has 0 aliphatic heterocycles. The van der Waals surface area contributed by atoms with Crippen LogP contribution in [0, 0.1) is 6.92 Å². The van der Waals surface area contributed by atoms with Crippen LogP contribution in [0.4, 0.5) is 0 Å². The predicted octanol–water partition coefficient (Wildman–Crippen LogP) is 3.26. The first-order chi connectivity index (χ1) is 6.20. The summed E-state index contributed by atoms with van der Waals surface area (Å²) in [5.41, 5.74) is 2.30. The molecular formula is C11H12OS. The van der Waals surface area contributed by atoms with Gasteiger partial charge in [0.05, 0.1) is 6.10 Å². The van der Waals surface area contributed by atoms with Crippen molar-refractivity contribution in [3.63, 3.8) is 0 Å². The van der Waals surface area contributed by atoms with Gasteiger partial charge in [-0.25, -0.2) is 0 Å². The predicted molar refractivity (Wildman–Crippen MR) is 57.2 cm³/mol. The second-order valence-electron chi connectivity index (χ2n) is 3.32. The molecule has 68 valence electrons. The maximum atomic E-state index is 9.57. The van der Waals surface area contributed by atoms with Crippen molar-refractivity contribution >= 4 is 21.4 Å². The monoisotopic (exact) mass is 192 g/mol. The largest absolute Gasteiger partial charge is 0.389 e. The quantitative estimate of drug-likeness (QED) is 0.735. The highest BCUT2D eigenvalue weighted by atomic mass is 32.1. The molecule has 1 heterocycles. The van der Waals surface area contributed by atoms with E-state index in [2.05, 4.69) is 18.4 Å². The minimum Gasteiger partial charge on any atom is -0.389 e. The second kappa shape index (κ2) is 3.13. The van der Waals surface area contributed by atoms with Gasteiger partial charge in [0.2, 0.25) is 0 Å². The molecule has 0 aliphatic carbocycles. The fraction of sp³-hybridized carbons (Fsp3) is 0.273. The zero-order valence-corrected chi connectivity index (χ0v) is 8.56. The van der Waals surface area contributed by atoms with E-state index in [1.165, 1.54) is 15.6 Å². The van der Waals surface area contributed by atoms with Gasteiger partial charge in [0.15, 0.2) is 0 Å². The Kier molecular flexibility index (Phi) is 2.10. The molecule has 1 atom stereocenters. The molecule has 0 fully saturated rings. The lowest BCUT2D eigenvalue weighted by molar-refractivity contribution is 0.201. The average molecular weight is 192 g/mol. The smallest absolute Gasteiger partial charge is 0.0768 e. The molecule has 1 aromatic heterocycles. The summed E-state index contributed by atoms with van der Waals surface area (Å²) < 4.78 is 1.26. The van der Waals surface area contributed by atoms with Crippen molar-refractivity contribution < 1.29 is 5.11 Å². The molecule has 13 heavy (non-hydrogen) atoms. The summed E-state index contributed by atoms with van der Waals surface area (Å²) in [6.45, 7) is 3.90. The molecule has 0 amide bonds. The molecule has 2 heteroatoms. The van der Waals surface area contributed by atoms with Crippen LogP contribution in [0.15, 0.2) is 23.6 Å². The third kappa shape index (κ3) is 1.36. The molecule has 2 aromatic rings. The maximum Gasteiger partial charge on any atom is 0.0768 e. The van der Waals surface area contributed by atoms with Crippen molar-refractivity contribution in [2.45, 2.75) is 20.0 Å². The highest BCUT2D eigenvalue weighted by Gasteiger charge is 2.08. The zero-order chi connectivity index (χ0) is 9.42. The number of aliphatic hydroxyl groups excluding tert-OH is 1. The minimum absolute atomic E-state index is 0.378. The highest BCUT2D eigenvalue weighted by Crippen LogP contribution is 2.31. The number of hydrogen-bond acceptors (Lipinski definition) is 2. The first-order valence-corrected chi connectivity index (χ1v) is 5.23. The molecule has 2 rings (SSSR count).